The summed E-state index contributed by atoms with van der Waals surface area (Å²) in [6, 6.07) is 0.523. The lowest BCUT2D eigenvalue weighted by Crippen LogP contribution is -2.44. The highest BCUT2D eigenvalue weighted by Crippen LogP contribution is 2.15. The number of ether oxygens (including phenoxy) is 1. The molecule has 2 heteroatoms. The van der Waals surface area contributed by atoms with Gasteiger partial charge in [-0.2, -0.15) is 0 Å². The minimum atomic E-state index is 0.362. The van der Waals surface area contributed by atoms with Gasteiger partial charge in [0.2, 0.25) is 0 Å². The van der Waals surface area contributed by atoms with E-state index >= 15 is 0 Å². The lowest BCUT2D eigenvalue weighted by atomic mass is 9.96. The van der Waals surface area contributed by atoms with Gasteiger partial charge in [0.05, 0.1) is 6.10 Å². The van der Waals surface area contributed by atoms with Crippen molar-refractivity contribution >= 4 is 0 Å². The molecule has 2 atom stereocenters. The molecular formula is C13H29NO. The second-order valence-corrected chi connectivity index (χ2v) is 4.51. The summed E-state index contributed by atoms with van der Waals surface area (Å²) in [6.07, 6.45) is 3.99. The van der Waals surface area contributed by atoms with Crippen molar-refractivity contribution in [1.29, 1.82) is 0 Å². The van der Waals surface area contributed by atoms with Gasteiger partial charge in [-0.25, -0.2) is 0 Å². The van der Waals surface area contributed by atoms with Gasteiger partial charge in [-0.05, 0) is 32.2 Å². The van der Waals surface area contributed by atoms with Crippen LogP contribution in [0.5, 0.6) is 0 Å². The zero-order chi connectivity index (χ0) is 11.7. The topological polar surface area (TPSA) is 21.3 Å². The second-order valence-electron chi connectivity index (χ2n) is 4.51. The Balaban J connectivity index is 4.23. The van der Waals surface area contributed by atoms with Gasteiger partial charge < -0.3 is 10.1 Å². The van der Waals surface area contributed by atoms with Gasteiger partial charge in [-0.1, -0.05) is 34.1 Å². The smallest absolute Gasteiger partial charge is 0.0750 e. The molecule has 0 amide bonds. The van der Waals surface area contributed by atoms with Crippen LogP contribution in [-0.2, 0) is 4.74 Å². The molecular weight excluding hydrogens is 186 g/mol. The summed E-state index contributed by atoms with van der Waals surface area (Å²) >= 11 is 0. The van der Waals surface area contributed by atoms with Crippen molar-refractivity contribution in [1.82, 2.24) is 5.32 Å². The van der Waals surface area contributed by atoms with Crippen LogP contribution in [0.15, 0.2) is 0 Å². The maximum atomic E-state index is 5.85. The predicted molar refractivity (Wildman–Crippen MR) is 67.2 cm³/mol. The first-order valence-corrected chi connectivity index (χ1v) is 6.52. The van der Waals surface area contributed by atoms with E-state index in [1.54, 1.807) is 0 Å². The van der Waals surface area contributed by atoms with Crippen LogP contribution in [0.4, 0.5) is 0 Å². The van der Waals surface area contributed by atoms with Gasteiger partial charge in [-0.3, -0.25) is 0 Å². The Bertz CT molecular complexity index is 136. The summed E-state index contributed by atoms with van der Waals surface area (Å²) < 4.78 is 5.85. The van der Waals surface area contributed by atoms with E-state index in [1.165, 1.54) is 19.3 Å². The molecule has 1 N–H and O–H groups in total. The highest BCUT2D eigenvalue weighted by Gasteiger charge is 2.23. The summed E-state index contributed by atoms with van der Waals surface area (Å²) in [7, 11) is 0. The van der Waals surface area contributed by atoms with Crippen LogP contribution in [0.3, 0.4) is 0 Å². The molecule has 2 nitrogen and oxygen atoms in total. The fourth-order valence-electron chi connectivity index (χ4n) is 1.99. The number of rotatable bonds is 9. The molecule has 2 unspecified atom stereocenters. The number of hydrogen-bond donors (Lipinski definition) is 1. The summed E-state index contributed by atoms with van der Waals surface area (Å²) in [5.41, 5.74) is 0. The summed E-state index contributed by atoms with van der Waals surface area (Å²) in [5, 5.41) is 3.61. The summed E-state index contributed by atoms with van der Waals surface area (Å²) in [6.45, 7) is 12.9. The average Bonchev–Trinajstić information content (AvgIpc) is 2.21. The summed E-state index contributed by atoms with van der Waals surface area (Å²) in [5.74, 6) is 0.589. The molecule has 15 heavy (non-hydrogen) atoms. The Morgan fingerprint density at radius 3 is 2.13 bits per heavy atom. The molecule has 0 aliphatic heterocycles. The Morgan fingerprint density at radius 1 is 1.07 bits per heavy atom. The Labute approximate surface area is 95.8 Å². The molecule has 0 aliphatic carbocycles. The van der Waals surface area contributed by atoms with E-state index in [0.717, 1.165) is 13.2 Å². The van der Waals surface area contributed by atoms with Crippen LogP contribution >= 0.6 is 0 Å². The number of hydrogen-bond acceptors (Lipinski definition) is 2. The van der Waals surface area contributed by atoms with Gasteiger partial charge >= 0.3 is 0 Å². The van der Waals surface area contributed by atoms with Crippen molar-refractivity contribution < 1.29 is 4.74 Å². The standard InChI is InChI=1S/C13H29NO/c1-6-9-12(14-10-7-2)13(11(4)5)15-8-3/h11-14H,6-10H2,1-5H3. The maximum Gasteiger partial charge on any atom is 0.0750 e. The highest BCUT2D eigenvalue weighted by molar-refractivity contribution is 4.79. The molecule has 0 aromatic rings. The molecule has 0 fully saturated rings. The van der Waals surface area contributed by atoms with Crippen LogP contribution in [0, 0.1) is 5.92 Å². The van der Waals surface area contributed by atoms with Crippen molar-refractivity contribution in [2.75, 3.05) is 13.2 Å². The maximum absolute atomic E-state index is 5.85. The van der Waals surface area contributed by atoms with Crippen LogP contribution < -0.4 is 5.32 Å². The van der Waals surface area contributed by atoms with Crippen LogP contribution in [0.25, 0.3) is 0 Å². The Morgan fingerprint density at radius 2 is 1.73 bits per heavy atom. The van der Waals surface area contributed by atoms with E-state index in [-0.39, 0.29) is 0 Å². The van der Waals surface area contributed by atoms with Gasteiger partial charge in [0.1, 0.15) is 0 Å². The fourth-order valence-corrected chi connectivity index (χ4v) is 1.99. The summed E-state index contributed by atoms with van der Waals surface area (Å²) in [4.78, 5) is 0. The van der Waals surface area contributed by atoms with Gasteiger partial charge in [0.25, 0.3) is 0 Å². The first kappa shape index (κ1) is 14.9. The molecule has 0 bridgehead atoms. The third kappa shape index (κ3) is 6.16. The van der Waals surface area contributed by atoms with Crippen LogP contribution in [0.1, 0.15) is 53.9 Å². The van der Waals surface area contributed by atoms with Crippen LogP contribution in [0.2, 0.25) is 0 Å². The van der Waals surface area contributed by atoms with Gasteiger partial charge in [0.15, 0.2) is 0 Å². The minimum absolute atomic E-state index is 0.362. The highest BCUT2D eigenvalue weighted by atomic mass is 16.5. The zero-order valence-corrected chi connectivity index (χ0v) is 11.2. The third-order valence-corrected chi connectivity index (χ3v) is 2.67. The molecule has 0 saturated carbocycles. The quantitative estimate of drug-likeness (QED) is 0.637. The molecule has 0 rings (SSSR count). The van der Waals surface area contributed by atoms with Gasteiger partial charge in [0, 0.05) is 12.6 Å². The second kappa shape index (κ2) is 9.17. The SMILES string of the molecule is CCCNC(CCC)C(OCC)C(C)C. The van der Waals surface area contributed by atoms with Crippen molar-refractivity contribution in [2.45, 2.75) is 66.0 Å². The largest absolute Gasteiger partial charge is 0.377 e. The van der Waals surface area contributed by atoms with E-state index < -0.39 is 0 Å². The minimum Gasteiger partial charge on any atom is -0.377 e. The molecule has 92 valence electrons. The molecule has 0 aromatic carbocycles. The molecule has 0 heterocycles. The van der Waals surface area contributed by atoms with E-state index in [1.807, 2.05) is 0 Å². The van der Waals surface area contributed by atoms with Crippen LogP contribution in [-0.4, -0.2) is 25.3 Å². The van der Waals surface area contributed by atoms with Crippen molar-refractivity contribution in [2.24, 2.45) is 5.92 Å². The fraction of sp³-hybridized carbons (Fsp3) is 1.00. The van der Waals surface area contributed by atoms with E-state index in [0.29, 0.717) is 18.1 Å². The first-order chi connectivity index (χ1) is 7.17. The molecule has 0 spiro atoms. The Hall–Kier alpha value is -0.0800. The lowest BCUT2D eigenvalue weighted by Gasteiger charge is -2.30. The molecule has 0 aromatic heterocycles. The first-order valence-electron chi connectivity index (χ1n) is 6.52. The van der Waals surface area contributed by atoms with E-state index in [4.69, 9.17) is 4.74 Å². The molecule has 0 radical (unpaired) electrons. The lowest BCUT2D eigenvalue weighted by molar-refractivity contribution is 0.00136. The van der Waals surface area contributed by atoms with Crippen molar-refractivity contribution in [3.63, 3.8) is 0 Å². The Kier molecular flexibility index (Phi) is 9.12. The van der Waals surface area contributed by atoms with Crippen molar-refractivity contribution in [3.8, 4) is 0 Å². The monoisotopic (exact) mass is 215 g/mol. The number of nitrogens with one attached hydrogen (secondary N) is 1. The third-order valence-electron chi connectivity index (χ3n) is 2.67. The predicted octanol–water partition coefficient (Wildman–Crippen LogP) is 3.22. The van der Waals surface area contributed by atoms with E-state index in [9.17, 15) is 0 Å². The van der Waals surface area contributed by atoms with E-state index in [2.05, 4.69) is 39.9 Å². The van der Waals surface area contributed by atoms with Crippen molar-refractivity contribution in [3.05, 3.63) is 0 Å². The normalized spacial score (nSPS) is 15.6. The molecule has 0 aliphatic rings. The molecule has 0 saturated heterocycles. The van der Waals surface area contributed by atoms with Gasteiger partial charge in [-0.15, -0.1) is 0 Å². The average molecular weight is 215 g/mol. The zero-order valence-electron chi connectivity index (χ0n) is 11.2.